The first kappa shape index (κ1) is 28.9. The summed E-state index contributed by atoms with van der Waals surface area (Å²) in [6.45, 7) is 4.37. The third kappa shape index (κ3) is 4.95. The third-order valence-corrected chi connectivity index (χ3v) is 7.83. The standard InChI is InChI=1S/C27H26ClF4N9O2/c1-11-8-14(33)37-21(17(11)27(30,31)32)15-18(28)23-16-22(19(15)29)38-26(43-13-9-40(3)10-13)39-25(16)41(6-7-42-23)12(2)20-24(34)36-5-4-35-20/h4-5,8,12-13H,6-7,9-10H2,1-3H3,(H2,33,37)(H2,34,36)/t12-/m1/s1. The van der Waals surface area contributed by atoms with Crippen molar-refractivity contribution in [2.75, 3.05) is 49.7 Å². The number of halogens is 5. The summed E-state index contributed by atoms with van der Waals surface area (Å²) in [4.78, 5) is 25.1. The molecule has 1 saturated heterocycles. The van der Waals surface area contributed by atoms with Crippen molar-refractivity contribution in [2.45, 2.75) is 32.2 Å². The number of aromatic nitrogens is 5. The summed E-state index contributed by atoms with van der Waals surface area (Å²) < 4.78 is 71.5. The topological polar surface area (TPSA) is 141 Å². The molecule has 1 atom stereocenters. The van der Waals surface area contributed by atoms with Gasteiger partial charge in [0.15, 0.2) is 11.6 Å². The lowest BCUT2D eigenvalue weighted by atomic mass is 9.98. The first-order valence-electron chi connectivity index (χ1n) is 13.2. The summed E-state index contributed by atoms with van der Waals surface area (Å²) in [5.74, 6) is -1.15. The number of nitrogens with zero attached hydrogens (tertiary/aromatic N) is 7. The number of pyridine rings is 1. The van der Waals surface area contributed by atoms with Gasteiger partial charge in [-0.2, -0.15) is 23.1 Å². The zero-order chi connectivity index (χ0) is 30.8. The van der Waals surface area contributed by atoms with Crippen molar-refractivity contribution >= 4 is 40.0 Å². The number of likely N-dealkylation sites (tertiary alicyclic amines) is 1. The fraction of sp³-hybridized carbons (Fsp3) is 0.370. The Kier molecular flexibility index (Phi) is 7.04. The largest absolute Gasteiger partial charge is 0.489 e. The molecule has 226 valence electrons. The van der Waals surface area contributed by atoms with E-state index in [0.717, 1.165) is 6.07 Å². The highest BCUT2D eigenvalue weighted by atomic mass is 35.5. The quantitative estimate of drug-likeness (QED) is 0.307. The van der Waals surface area contributed by atoms with Gasteiger partial charge in [0.25, 0.3) is 0 Å². The van der Waals surface area contributed by atoms with Crippen LogP contribution in [0.2, 0.25) is 5.02 Å². The normalized spacial score (nSPS) is 16.5. The predicted molar refractivity (Wildman–Crippen MR) is 152 cm³/mol. The monoisotopic (exact) mass is 619 g/mol. The van der Waals surface area contributed by atoms with Crippen LogP contribution < -0.4 is 25.8 Å². The Morgan fingerprint density at radius 1 is 1.14 bits per heavy atom. The minimum Gasteiger partial charge on any atom is -0.489 e. The summed E-state index contributed by atoms with van der Waals surface area (Å²) in [5, 5.41) is -0.383. The number of nitrogen functional groups attached to an aromatic ring is 2. The summed E-state index contributed by atoms with van der Waals surface area (Å²) >= 11 is 6.71. The molecule has 0 amide bonds. The number of anilines is 3. The molecule has 0 bridgehead atoms. The zero-order valence-corrected chi connectivity index (χ0v) is 24.0. The van der Waals surface area contributed by atoms with Crippen LogP contribution in [-0.2, 0) is 6.18 Å². The molecule has 0 spiro atoms. The minimum atomic E-state index is -4.90. The first-order valence-corrected chi connectivity index (χ1v) is 13.6. The molecular weight excluding hydrogens is 594 g/mol. The van der Waals surface area contributed by atoms with E-state index in [1.54, 1.807) is 4.90 Å². The molecule has 16 heteroatoms. The summed E-state index contributed by atoms with van der Waals surface area (Å²) in [6.07, 6.45) is -2.23. The Bertz CT molecular complexity index is 1750. The Morgan fingerprint density at radius 2 is 1.86 bits per heavy atom. The number of alkyl halides is 3. The molecule has 4 aromatic rings. The van der Waals surface area contributed by atoms with Crippen LogP contribution in [0.15, 0.2) is 18.5 Å². The molecule has 0 unspecified atom stereocenters. The number of rotatable bonds is 5. The summed E-state index contributed by atoms with van der Waals surface area (Å²) in [5.41, 5.74) is 9.16. The highest BCUT2D eigenvalue weighted by Crippen LogP contribution is 2.50. The van der Waals surface area contributed by atoms with Gasteiger partial charge in [-0.3, -0.25) is 9.88 Å². The minimum absolute atomic E-state index is 0.000117. The van der Waals surface area contributed by atoms with E-state index < -0.39 is 39.9 Å². The fourth-order valence-corrected chi connectivity index (χ4v) is 5.82. The molecule has 43 heavy (non-hydrogen) atoms. The van der Waals surface area contributed by atoms with Gasteiger partial charge in [-0.05, 0) is 32.5 Å². The van der Waals surface area contributed by atoms with E-state index in [0.29, 0.717) is 18.8 Å². The van der Waals surface area contributed by atoms with Gasteiger partial charge in [0.2, 0.25) is 0 Å². The van der Waals surface area contributed by atoms with Gasteiger partial charge < -0.3 is 25.8 Å². The number of nitrogens with two attached hydrogens (primary N) is 2. The number of benzene rings is 1. The smallest absolute Gasteiger partial charge is 0.418 e. The number of ether oxygens (including phenoxy) is 2. The van der Waals surface area contributed by atoms with Crippen molar-refractivity contribution in [1.82, 2.24) is 29.8 Å². The summed E-state index contributed by atoms with van der Waals surface area (Å²) in [6, 6.07) is 0.350. The maximum Gasteiger partial charge on any atom is 0.418 e. The van der Waals surface area contributed by atoms with Crippen molar-refractivity contribution in [2.24, 2.45) is 0 Å². The second-order valence-corrected chi connectivity index (χ2v) is 10.9. The van der Waals surface area contributed by atoms with Crippen molar-refractivity contribution in [3.8, 4) is 23.0 Å². The lowest BCUT2D eigenvalue weighted by Crippen LogP contribution is -2.51. The van der Waals surface area contributed by atoms with Crippen LogP contribution in [0.5, 0.6) is 11.8 Å². The van der Waals surface area contributed by atoms with Crippen LogP contribution >= 0.6 is 11.6 Å². The molecular formula is C27H26ClF4N9O2. The average molecular weight is 620 g/mol. The van der Waals surface area contributed by atoms with Crippen LogP contribution in [0.3, 0.4) is 0 Å². The van der Waals surface area contributed by atoms with Gasteiger partial charge in [-0.1, -0.05) is 11.6 Å². The first-order chi connectivity index (χ1) is 20.3. The van der Waals surface area contributed by atoms with Gasteiger partial charge >= 0.3 is 12.2 Å². The maximum absolute atomic E-state index is 16.7. The molecule has 2 aliphatic rings. The highest BCUT2D eigenvalue weighted by Gasteiger charge is 2.40. The van der Waals surface area contributed by atoms with E-state index in [-0.39, 0.29) is 64.9 Å². The van der Waals surface area contributed by atoms with E-state index in [9.17, 15) is 13.2 Å². The molecule has 1 aromatic carbocycles. The van der Waals surface area contributed by atoms with Gasteiger partial charge in [0.05, 0.1) is 39.8 Å². The van der Waals surface area contributed by atoms with E-state index in [2.05, 4.69) is 24.9 Å². The van der Waals surface area contributed by atoms with Crippen LogP contribution in [0.1, 0.15) is 29.8 Å². The van der Waals surface area contributed by atoms with E-state index in [1.807, 2.05) is 18.9 Å². The van der Waals surface area contributed by atoms with Crippen molar-refractivity contribution in [1.29, 1.82) is 0 Å². The molecule has 4 N–H and O–H groups in total. The summed E-state index contributed by atoms with van der Waals surface area (Å²) in [7, 11) is 1.90. The Labute approximate surface area is 247 Å². The van der Waals surface area contributed by atoms with Crippen molar-refractivity contribution < 1.29 is 27.0 Å². The predicted octanol–water partition coefficient (Wildman–Crippen LogP) is 4.42. The zero-order valence-electron chi connectivity index (χ0n) is 23.2. The van der Waals surface area contributed by atoms with E-state index in [4.69, 9.17) is 32.5 Å². The van der Waals surface area contributed by atoms with Crippen LogP contribution in [-0.4, -0.2) is 69.2 Å². The number of aryl methyl sites for hydroxylation is 1. The maximum atomic E-state index is 16.7. The van der Waals surface area contributed by atoms with Gasteiger partial charge in [-0.15, -0.1) is 0 Å². The molecule has 2 aliphatic heterocycles. The second kappa shape index (κ2) is 10.5. The molecule has 6 rings (SSSR count). The average Bonchev–Trinajstić information content (AvgIpc) is 3.10. The number of likely N-dealkylation sites (N-methyl/N-ethyl adjacent to an activating group) is 1. The lowest BCUT2D eigenvalue weighted by Gasteiger charge is -2.35. The molecule has 11 nitrogen and oxygen atoms in total. The molecule has 0 radical (unpaired) electrons. The molecule has 5 heterocycles. The third-order valence-electron chi connectivity index (χ3n) is 7.47. The van der Waals surface area contributed by atoms with Gasteiger partial charge in [0, 0.05) is 25.5 Å². The van der Waals surface area contributed by atoms with Crippen molar-refractivity contribution in [3.05, 3.63) is 46.1 Å². The molecule has 0 saturated carbocycles. The van der Waals surface area contributed by atoms with E-state index in [1.165, 1.54) is 19.3 Å². The van der Waals surface area contributed by atoms with Gasteiger partial charge in [-0.25, -0.2) is 14.4 Å². The van der Waals surface area contributed by atoms with Crippen LogP contribution in [0.25, 0.3) is 22.2 Å². The fourth-order valence-electron chi connectivity index (χ4n) is 5.50. The Morgan fingerprint density at radius 3 is 2.53 bits per heavy atom. The number of hydrogen-bond acceptors (Lipinski definition) is 11. The Hall–Kier alpha value is -4.24. The van der Waals surface area contributed by atoms with Crippen molar-refractivity contribution in [3.63, 3.8) is 0 Å². The van der Waals surface area contributed by atoms with Crippen LogP contribution in [0, 0.1) is 12.7 Å². The molecule has 3 aromatic heterocycles. The lowest BCUT2D eigenvalue weighted by molar-refractivity contribution is -0.137. The highest BCUT2D eigenvalue weighted by molar-refractivity contribution is 6.36. The SMILES string of the molecule is Cc1cc(N)nc(-c2c(Cl)c3c4c(nc(OC5CN(C)C5)nc4c2F)N([C@H](C)c2nccnc2N)CCO3)c1C(F)(F)F. The number of hydrogen-bond donors (Lipinski definition) is 2. The molecule has 0 aliphatic carbocycles. The van der Waals surface area contributed by atoms with Gasteiger partial charge in [0.1, 0.15) is 41.4 Å². The van der Waals surface area contributed by atoms with E-state index >= 15 is 4.39 Å². The Balaban J connectivity index is 1.64. The molecule has 1 fully saturated rings. The second-order valence-electron chi connectivity index (χ2n) is 10.5. The van der Waals surface area contributed by atoms with Crippen LogP contribution in [0.4, 0.5) is 35.0 Å².